The molecule has 2 fully saturated rings. The second-order valence-electron chi connectivity index (χ2n) is 6.18. The highest BCUT2D eigenvalue weighted by atomic mass is 35.5. The lowest BCUT2D eigenvalue weighted by Crippen LogP contribution is -2.17. The standard InChI is InChI=1S/C15H19ClN4O/c1-8(16)13-19-11-14(17-7-18-15(11)21-2)20(13)12(9-3-4-9)10-5-6-10/h7-10,12H,3-6H2,1-2H3. The second kappa shape index (κ2) is 4.83. The van der Waals surface area contributed by atoms with Crippen LogP contribution in [0.1, 0.15) is 49.9 Å². The molecule has 21 heavy (non-hydrogen) atoms. The SMILES string of the molecule is COc1ncnc2c1nc(C(C)Cl)n2C(C1CC1)C1CC1. The van der Waals surface area contributed by atoms with E-state index in [0.717, 1.165) is 28.8 Å². The van der Waals surface area contributed by atoms with Crippen LogP contribution in [0.2, 0.25) is 0 Å². The number of fused-ring (bicyclic) bond motifs is 1. The Morgan fingerprint density at radius 2 is 1.90 bits per heavy atom. The second-order valence-corrected chi connectivity index (χ2v) is 6.83. The van der Waals surface area contributed by atoms with E-state index in [4.69, 9.17) is 21.3 Å². The first-order valence-electron chi connectivity index (χ1n) is 7.61. The van der Waals surface area contributed by atoms with Gasteiger partial charge in [-0.25, -0.2) is 9.97 Å². The zero-order valence-electron chi connectivity index (χ0n) is 12.3. The fourth-order valence-electron chi connectivity index (χ4n) is 3.31. The number of imidazole rings is 1. The third-order valence-electron chi connectivity index (χ3n) is 4.53. The summed E-state index contributed by atoms with van der Waals surface area (Å²) >= 11 is 6.40. The van der Waals surface area contributed by atoms with Crippen LogP contribution in [-0.2, 0) is 0 Å². The van der Waals surface area contributed by atoms with Crippen molar-refractivity contribution in [1.82, 2.24) is 19.5 Å². The molecule has 0 radical (unpaired) electrons. The molecule has 4 rings (SSSR count). The predicted octanol–water partition coefficient (Wildman–Crippen LogP) is 3.50. The van der Waals surface area contributed by atoms with E-state index in [-0.39, 0.29) is 5.38 Å². The van der Waals surface area contributed by atoms with Crippen LogP contribution >= 0.6 is 11.6 Å². The van der Waals surface area contributed by atoms with Gasteiger partial charge in [-0.3, -0.25) is 0 Å². The van der Waals surface area contributed by atoms with Crippen LogP contribution in [-0.4, -0.2) is 26.6 Å². The minimum absolute atomic E-state index is 0.149. The third kappa shape index (κ3) is 2.18. The molecule has 0 bridgehead atoms. The fraction of sp³-hybridized carbons (Fsp3) is 0.667. The van der Waals surface area contributed by atoms with Crippen LogP contribution in [0.4, 0.5) is 0 Å². The first kappa shape index (κ1) is 13.3. The number of hydrogen-bond donors (Lipinski definition) is 0. The van der Waals surface area contributed by atoms with Crippen molar-refractivity contribution in [3.05, 3.63) is 12.2 Å². The van der Waals surface area contributed by atoms with E-state index >= 15 is 0 Å². The number of nitrogens with zero attached hydrogens (tertiary/aromatic N) is 4. The molecule has 2 aliphatic rings. The Morgan fingerprint density at radius 3 is 2.43 bits per heavy atom. The fourth-order valence-corrected chi connectivity index (χ4v) is 3.46. The number of hydrogen-bond acceptors (Lipinski definition) is 4. The van der Waals surface area contributed by atoms with Gasteiger partial charge >= 0.3 is 0 Å². The van der Waals surface area contributed by atoms with Crippen LogP contribution < -0.4 is 4.74 Å². The molecule has 112 valence electrons. The highest BCUT2D eigenvalue weighted by Gasteiger charge is 2.44. The van der Waals surface area contributed by atoms with Crippen LogP contribution in [0.15, 0.2) is 6.33 Å². The number of halogens is 1. The summed E-state index contributed by atoms with van der Waals surface area (Å²) in [4.78, 5) is 13.4. The van der Waals surface area contributed by atoms with Crippen LogP contribution in [0.3, 0.4) is 0 Å². The number of methoxy groups -OCH3 is 1. The Kier molecular flexibility index (Phi) is 3.06. The van der Waals surface area contributed by atoms with Crippen molar-refractivity contribution >= 4 is 22.8 Å². The van der Waals surface area contributed by atoms with E-state index in [0.29, 0.717) is 11.9 Å². The summed E-state index contributed by atoms with van der Waals surface area (Å²) < 4.78 is 7.62. The van der Waals surface area contributed by atoms with E-state index in [2.05, 4.69) is 14.5 Å². The van der Waals surface area contributed by atoms with E-state index in [1.54, 1.807) is 13.4 Å². The van der Waals surface area contributed by atoms with Gasteiger partial charge in [0.15, 0.2) is 11.2 Å². The number of rotatable bonds is 5. The number of aromatic nitrogens is 4. The maximum Gasteiger partial charge on any atom is 0.245 e. The molecule has 0 aromatic carbocycles. The summed E-state index contributed by atoms with van der Waals surface area (Å²) in [7, 11) is 1.61. The molecule has 6 heteroatoms. The first-order chi connectivity index (χ1) is 10.2. The highest BCUT2D eigenvalue weighted by molar-refractivity contribution is 6.20. The van der Waals surface area contributed by atoms with Gasteiger partial charge in [-0.05, 0) is 44.4 Å². The summed E-state index contributed by atoms with van der Waals surface area (Å²) in [5.41, 5.74) is 1.60. The maximum absolute atomic E-state index is 6.40. The maximum atomic E-state index is 6.40. The van der Waals surface area contributed by atoms with E-state index < -0.39 is 0 Å². The molecular weight excluding hydrogens is 288 g/mol. The van der Waals surface area contributed by atoms with Crippen molar-refractivity contribution < 1.29 is 4.74 Å². The third-order valence-corrected chi connectivity index (χ3v) is 4.72. The predicted molar refractivity (Wildman–Crippen MR) is 80.6 cm³/mol. The number of alkyl halides is 1. The topological polar surface area (TPSA) is 52.8 Å². The first-order valence-corrected chi connectivity index (χ1v) is 8.05. The van der Waals surface area contributed by atoms with Gasteiger partial charge in [-0.2, -0.15) is 4.98 Å². The molecule has 0 saturated heterocycles. The number of ether oxygens (including phenoxy) is 1. The van der Waals surface area contributed by atoms with Crippen molar-refractivity contribution in [3.8, 4) is 5.88 Å². The minimum Gasteiger partial charge on any atom is -0.479 e. The van der Waals surface area contributed by atoms with Crippen LogP contribution in [0.5, 0.6) is 5.88 Å². The van der Waals surface area contributed by atoms with Crippen molar-refractivity contribution in [2.24, 2.45) is 11.8 Å². The van der Waals surface area contributed by atoms with Gasteiger partial charge in [-0.1, -0.05) is 0 Å². The minimum atomic E-state index is -0.149. The van der Waals surface area contributed by atoms with E-state index in [1.165, 1.54) is 25.7 Å². The van der Waals surface area contributed by atoms with Gasteiger partial charge in [0.25, 0.3) is 0 Å². The molecule has 2 aromatic rings. The smallest absolute Gasteiger partial charge is 0.245 e. The molecule has 5 nitrogen and oxygen atoms in total. The molecule has 2 saturated carbocycles. The Morgan fingerprint density at radius 1 is 1.24 bits per heavy atom. The van der Waals surface area contributed by atoms with Gasteiger partial charge in [0, 0.05) is 6.04 Å². The molecule has 0 aliphatic heterocycles. The molecule has 2 heterocycles. The van der Waals surface area contributed by atoms with E-state index in [9.17, 15) is 0 Å². The molecule has 1 atom stereocenters. The van der Waals surface area contributed by atoms with Gasteiger partial charge in [-0.15, -0.1) is 11.6 Å². The monoisotopic (exact) mass is 306 g/mol. The van der Waals surface area contributed by atoms with Crippen molar-refractivity contribution in [2.45, 2.75) is 44.0 Å². The molecule has 0 N–H and O–H groups in total. The highest BCUT2D eigenvalue weighted by Crippen LogP contribution is 2.53. The lowest BCUT2D eigenvalue weighted by atomic mass is 10.1. The summed E-state index contributed by atoms with van der Waals surface area (Å²) in [6.07, 6.45) is 6.77. The van der Waals surface area contributed by atoms with Gasteiger partial charge < -0.3 is 9.30 Å². The van der Waals surface area contributed by atoms with Gasteiger partial charge in [0.1, 0.15) is 12.2 Å². The quantitative estimate of drug-likeness (QED) is 0.793. The molecule has 2 aromatic heterocycles. The Balaban J connectivity index is 1.94. The largest absolute Gasteiger partial charge is 0.479 e. The molecule has 0 spiro atoms. The van der Waals surface area contributed by atoms with Crippen molar-refractivity contribution in [3.63, 3.8) is 0 Å². The van der Waals surface area contributed by atoms with Crippen molar-refractivity contribution in [1.29, 1.82) is 0 Å². The normalized spacial score (nSPS) is 20.2. The Bertz CT molecular complexity index is 664. The van der Waals surface area contributed by atoms with Crippen molar-refractivity contribution in [2.75, 3.05) is 7.11 Å². The Labute approximate surface area is 128 Å². The summed E-state index contributed by atoms with van der Waals surface area (Å²) in [6, 6.07) is 0.491. The lowest BCUT2D eigenvalue weighted by Gasteiger charge is -2.21. The molecule has 0 amide bonds. The summed E-state index contributed by atoms with van der Waals surface area (Å²) in [5.74, 6) is 2.94. The summed E-state index contributed by atoms with van der Waals surface area (Å²) in [5, 5.41) is -0.149. The van der Waals surface area contributed by atoms with Gasteiger partial charge in [0.05, 0.1) is 12.5 Å². The lowest BCUT2D eigenvalue weighted by molar-refractivity contribution is 0.389. The molecule has 2 aliphatic carbocycles. The van der Waals surface area contributed by atoms with Crippen LogP contribution in [0.25, 0.3) is 11.2 Å². The molecule has 1 unspecified atom stereocenters. The van der Waals surface area contributed by atoms with Gasteiger partial charge in [0.2, 0.25) is 5.88 Å². The average Bonchev–Trinajstić information content (AvgIpc) is 3.37. The zero-order chi connectivity index (χ0) is 14.6. The van der Waals surface area contributed by atoms with E-state index in [1.807, 2.05) is 6.92 Å². The van der Waals surface area contributed by atoms with Crippen LogP contribution in [0, 0.1) is 11.8 Å². The zero-order valence-corrected chi connectivity index (χ0v) is 13.0. The summed E-state index contributed by atoms with van der Waals surface area (Å²) in [6.45, 7) is 1.97. The Hall–Kier alpha value is -1.36. The molecular formula is C15H19ClN4O. The average molecular weight is 307 g/mol.